The van der Waals surface area contributed by atoms with Crippen LogP contribution in [0, 0.1) is 20.6 Å². The van der Waals surface area contributed by atoms with E-state index in [9.17, 15) is 14.9 Å². The van der Waals surface area contributed by atoms with Gasteiger partial charge in [0.2, 0.25) is 0 Å². The lowest BCUT2D eigenvalue weighted by atomic mass is 10.2. The SMILES string of the molecule is Cc1ccc(NC(=O)COc2c(I)cc(Cl)c3cccnc23)c([N+](=O)[O-])c1. The van der Waals surface area contributed by atoms with Gasteiger partial charge in [-0.05, 0) is 59.3 Å². The van der Waals surface area contributed by atoms with Crippen molar-refractivity contribution in [3.63, 3.8) is 0 Å². The number of amides is 1. The Hall–Kier alpha value is -2.46. The van der Waals surface area contributed by atoms with Crippen molar-refractivity contribution in [1.29, 1.82) is 0 Å². The number of aryl methyl sites for hydroxylation is 1. The van der Waals surface area contributed by atoms with Crippen LogP contribution in [0.3, 0.4) is 0 Å². The number of hydrogen-bond donors (Lipinski definition) is 1. The number of pyridine rings is 1. The molecule has 0 radical (unpaired) electrons. The van der Waals surface area contributed by atoms with Gasteiger partial charge >= 0.3 is 0 Å². The Morgan fingerprint density at radius 1 is 1.37 bits per heavy atom. The highest BCUT2D eigenvalue weighted by Gasteiger charge is 2.18. The molecule has 1 heterocycles. The molecule has 2 aromatic carbocycles. The van der Waals surface area contributed by atoms with Gasteiger partial charge in [0.1, 0.15) is 11.2 Å². The molecule has 0 atom stereocenters. The van der Waals surface area contributed by atoms with Gasteiger partial charge in [-0.1, -0.05) is 17.7 Å². The lowest BCUT2D eigenvalue weighted by molar-refractivity contribution is -0.384. The molecule has 3 rings (SSSR count). The Balaban J connectivity index is 1.80. The molecule has 7 nitrogen and oxygen atoms in total. The monoisotopic (exact) mass is 497 g/mol. The number of carbonyl (C=O) groups excluding carboxylic acids is 1. The van der Waals surface area contributed by atoms with Crippen LogP contribution in [-0.4, -0.2) is 22.4 Å². The maximum absolute atomic E-state index is 12.3. The van der Waals surface area contributed by atoms with Crippen molar-refractivity contribution < 1.29 is 14.5 Å². The third-order valence-electron chi connectivity index (χ3n) is 3.72. The second-order valence-corrected chi connectivity index (χ2v) is 7.25. The molecule has 0 saturated carbocycles. The smallest absolute Gasteiger partial charge is 0.293 e. The van der Waals surface area contributed by atoms with E-state index in [1.807, 2.05) is 6.07 Å². The zero-order valence-electron chi connectivity index (χ0n) is 14.0. The molecule has 0 unspecified atom stereocenters. The number of aromatic nitrogens is 1. The first-order valence-electron chi connectivity index (χ1n) is 7.77. The van der Waals surface area contributed by atoms with Gasteiger partial charge < -0.3 is 10.1 Å². The summed E-state index contributed by atoms with van der Waals surface area (Å²) < 4.78 is 6.36. The normalized spacial score (nSPS) is 10.6. The first-order chi connectivity index (χ1) is 12.9. The zero-order valence-corrected chi connectivity index (χ0v) is 16.9. The number of fused-ring (bicyclic) bond motifs is 1. The summed E-state index contributed by atoms with van der Waals surface area (Å²) in [4.78, 5) is 27.1. The van der Waals surface area contributed by atoms with Crippen LogP contribution in [0.2, 0.25) is 5.02 Å². The summed E-state index contributed by atoms with van der Waals surface area (Å²) >= 11 is 8.27. The van der Waals surface area contributed by atoms with E-state index in [2.05, 4.69) is 32.9 Å². The molecule has 0 fully saturated rings. The number of benzene rings is 2. The van der Waals surface area contributed by atoms with Crippen LogP contribution in [0.25, 0.3) is 10.9 Å². The molecule has 138 valence electrons. The highest BCUT2D eigenvalue weighted by molar-refractivity contribution is 14.1. The van der Waals surface area contributed by atoms with Crippen LogP contribution in [0.5, 0.6) is 5.75 Å². The molecule has 9 heteroatoms. The maximum Gasteiger partial charge on any atom is 0.293 e. The maximum atomic E-state index is 12.3. The fraction of sp³-hybridized carbons (Fsp3) is 0.111. The summed E-state index contributed by atoms with van der Waals surface area (Å²) in [5, 5.41) is 14.9. The second kappa shape index (κ2) is 8.05. The van der Waals surface area contributed by atoms with Gasteiger partial charge in [-0.3, -0.25) is 19.9 Å². The van der Waals surface area contributed by atoms with Crippen molar-refractivity contribution in [1.82, 2.24) is 4.98 Å². The number of ether oxygens (including phenoxy) is 1. The number of nitro groups is 1. The van der Waals surface area contributed by atoms with E-state index in [1.54, 1.807) is 31.3 Å². The fourth-order valence-corrected chi connectivity index (χ4v) is 3.67. The van der Waals surface area contributed by atoms with Gasteiger partial charge in [0, 0.05) is 17.6 Å². The third-order valence-corrected chi connectivity index (χ3v) is 4.84. The van der Waals surface area contributed by atoms with Gasteiger partial charge in [0.25, 0.3) is 11.6 Å². The summed E-state index contributed by atoms with van der Waals surface area (Å²) in [5.74, 6) is -0.0825. The number of rotatable bonds is 5. The molecule has 1 amide bonds. The van der Waals surface area contributed by atoms with Crippen molar-refractivity contribution in [3.8, 4) is 5.75 Å². The summed E-state index contributed by atoms with van der Waals surface area (Å²) in [6, 6.07) is 9.87. The Kier molecular flexibility index (Phi) is 5.76. The molecule has 3 aromatic rings. The average Bonchev–Trinajstić information content (AvgIpc) is 2.63. The number of carbonyl (C=O) groups is 1. The Morgan fingerprint density at radius 3 is 2.89 bits per heavy atom. The summed E-state index contributed by atoms with van der Waals surface area (Å²) in [6.45, 7) is 1.41. The minimum atomic E-state index is -0.539. The molecule has 0 aliphatic heterocycles. The average molecular weight is 498 g/mol. The largest absolute Gasteiger partial charge is 0.480 e. The summed E-state index contributed by atoms with van der Waals surface area (Å²) in [5.41, 5.74) is 1.22. The predicted molar refractivity (Wildman–Crippen MR) is 111 cm³/mol. The van der Waals surface area contributed by atoms with E-state index in [0.717, 1.165) is 5.56 Å². The quantitative estimate of drug-likeness (QED) is 0.312. The van der Waals surface area contributed by atoms with Crippen molar-refractivity contribution in [2.24, 2.45) is 0 Å². The lowest BCUT2D eigenvalue weighted by Crippen LogP contribution is -2.21. The fourth-order valence-electron chi connectivity index (χ4n) is 2.51. The van der Waals surface area contributed by atoms with E-state index in [4.69, 9.17) is 16.3 Å². The van der Waals surface area contributed by atoms with Crippen LogP contribution >= 0.6 is 34.2 Å². The Labute approximate surface area is 173 Å². The topological polar surface area (TPSA) is 94.4 Å². The number of anilines is 1. The van der Waals surface area contributed by atoms with Crippen LogP contribution in [-0.2, 0) is 4.79 Å². The standard InChI is InChI=1S/C18H13ClIN3O4/c1-10-4-5-14(15(7-10)23(25)26)22-16(24)9-27-18-13(20)8-12(19)11-3-2-6-21-17(11)18/h2-8H,9H2,1H3,(H,22,24). The van der Waals surface area contributed by atoms with E-state index in [-0.39, 0.29) is 18.0 Å². The molecule has 0 spiro atoms. The Bertz CT molecular complexity index is 1060. The van der Waals surface area contributed by atoms with Crippen molar-refractivity contribution in [2.45, 2.75) is 6.92 Å². The molecular weight excluding hydrogens is 485 g/mol. The minimum Gasteiger partial charge on any atom is -0.480 e. The zero-order chi connectivity index (χ0) is 19.6. The van der Waals surface area contributed by atoms with Gasteiger partial charge in [0.15, 0.2) is 12.4 Å². The molecular formula is C18H13ClIN3O4. The molecule has 1 N–H and O–H groups in total. The first kappa shape index (κ1) is 19.3. The summed E-state index contributed by atoms with van der Waals surface area (Å²) in [7, 11) is 0. The molecule has 0 bridgehead atoms. The van der Waals surface area contributed by atoms with Crippen molar-refractivity contribution >= 4 is 62.4 Å². The minimum absolute atomic E-state index is 0.119. The van der Waals surface area contributed by atoms with Crippen molar-refractivity contribution in [2.75, 3.05) is 11.9 Å². The predicted octanol–water partition coefficient (Wildman–Crippen LogP) is 4.73. The van der Waals surface area contributed by atoms with Gasteiger partial charge in [0.05, 0.1) is 13.5 Å². The number of halogens is 2. The van der Waals surface area contributed by atoms with Gasteiger partial charge in [-0.2, -0.15) is 0 Å². The third kappa shape index (κ3) is 4.28. The second-order valence-electron chi connectivity index (χ2n) is 5.68. The molecule has 0 aliphatic carbocycles. The van der Waals surface area contributed by atoms with Crippen molar-refractivity contribution in [3.05, 3.63) is 66.9 Å². The highest BCUT2D eigenvalue weighted by Crippen LogP contribution is 2.34. The van der Waals surface area contributed by atoms with Gasteiger partial charge in [-0.25, -0.2) is 0 Å². The van der Waals surface area contributed by atoms with Crippen LogP contribution in [0.15, 0.2) is 42.6 Å². The van der Waals surface area contributed by atoms with E-state index in [1.165, 1.54) is 12.1 Å². The molecule has 0 aliphatic rings. The number of hydrogen-bond acceptors (Lipinski definition) is 5. The molecule has 1 aromatic heterocycles. The first-order valence-corrected chi connectivity index (χ1v) is 9.23. The van der Waals surface area contributed by atoms with Crippen LogP contribution < -0.4 is 10.1 Å². The van der Waals surface area contributed by atoms with E-state index < -0.39 is 10.8 Å². The summed E-state index contributed by atoms with van der Waals surface area (Å²) in [6.07, 6.45) is 1.61. The number of nitro benzene ring substituents is 1. The highest BCUT2D eigenvalue weighted by atomic mass is 127. The van der Waals surface area contributed by atoms with Crippen LogP contribution in [0.4, 0.5) is 11.4 Å². The van der Waals surface area contributed by atoms with E-state index >= 15 is 0 Å². The van der Waals surface area contributed by atoms with Gasteiger partial charge in [-0.15, -0.1) is 0 Å². The number of nitrogens with one attached hydrogen (secondary N) is 1. The molecule has 27 heavy (non-hydrogen) atoms. The van der Waals surface area contributed by atoms with Crippen LogP contribution in [0.1, 0.15) is 5.56 Å². The van der Waals surface area contributed by atoms with E-state index in [0.29, 0.717) is 25.2 Å². The Morgan fingerprint density at radius 2 is 2.15 bits per heavy atom. The lowest BCUT2D eigenvalue weighted by Gasteiger charge is -2.12. The molecule has 0 saturated heterocycles. The number of nitrogens with zero attached hydrogens (tertiary/aromatic N) is 2.